The number of carbonyl (C=O) groups excluding carboxylic acids is 1. The van der Waals surface area contributed by atoms with Gasteiger partial charge in [-0.15, -0.1) is 0 Å². The maximum Gasteiger partial charge on any atom is 0.309 e. The van der Waals surface area contributed by atoms with Gasteiger partial charge in [0.05, 0.1) is 5.41 Å². The van der Waals surface area contributed by atoms with Crippen LogP contribution in [0, 0.1) is 5.41 Å². The fourth-order valence-corrected chi connectivity index (χ4v) is 2.18. The van der Waals surface area contributed by atoms with Gasteiger partial charge in [0.15, 0.2) is 0 Å². The Morgan fingerprint density at radius 3 is 2.53 bits per heavy atom. The molecule has 0 bridgehead atoms. The van der Waals surface area contributed by atoms with Gasteiger partial charge in [-0.2, -0.15) is 0 Å². The molecule has 2 heterocycles. The summed E-state index contributed by atoms with van der Waals surface area (Å²) in [5.41, 5.74) is -0.744. The van der Waals surface area contributed by atoms with Crippen LogP contribution in [0.1, 0.15) is 30.1 Å². The van der Waals surface area contributed by atoms with E-state index in [1.165, 1.54) is 12.3 Å². The zero-order chi connectivity index (χ0) is 14.0. The van der Waals surface area contributed by atoms with Crippen LogP contribution in [-0.4, -0.2) is 40.0 Å². The number of rotatable bonds is 2. The zero-order valence-corrected chi connectivity index (χ0v) is 10.7. The van der Waals surface area contributed by atoms with Crippen LogP contribution in [0.15, 0.2) is 23.1 Å². The van der Waals surface area contributed by atoms with Crippen molar-refractivity contribution in [1.29, 1.82) is 0 Å². The van der Waals surface area contributed by atoms with Gasteiger partial charge in [0.1, 0.15) is 0 Å². The Bertz CT molecular complexity index is 556. The molecule has 102 valence electrons. The molecule has 0 unspecified atom stereocenters. The van der Waals surface area contributed by atoms with Crippen LogP contribution in [0.5, 0.6) is 0 Å². The molecule has 1 saturated heterocycles. The molecule has 1 fully saturated rings. The van der Waals surface area contributed by atoms with Gasteiger partial charge in [-0.25, -0.2) is 0 Å². The predicted molar refractivity (Wildman–Crippen MR) is 67.9 cm³/mol. The van der Waals surface area contributed by atoms with E-state index in [0.717, 1.165) is 0 Å². The van der Waals surface area contributed by atoms with Gasteiger partial charge in [0.2, 0.25) is 5.56 Å². The van der Waals surface area contributed by atoms with Crippen molar-refractivity contribution in [3.63, 3.8) is 0 Å². The number of H-pyrrole nitrogens is 1. The van der Waals surface area contributed by atoms with Crippen LogP contribution in [0.25, 0.3) is 0 Å². The van der Waals surface area contributed by atoms with Crippen LogP contribution in [0.4, 0.5) is 0 Å². The normalized spacial score (nSPS) is 18.1. The number of hydrogen-bond donors (Lipinski definition) is 2. The van der Waals surface area contributed by atoms with E-state index in [9.17, 15) is 14.4 Å². The number of likely N-dealkylation sites (tertiary alicyclic amines) is 1. The molecule has 1 amide bonds. The highest BCUT2D eigenvalue weighted by atomic mass is 16.4. The Balaban J connectivity index is 2.08. The van der Waals surface area contributed by atoms with E-state index < -0.39 is 11.4 Å². The number of aromatic amines is 1. The summed E-state index contributed by atoms with van der Waals surface area (Å²) in [6.07, 6.45) is 2.29. The Morgan fingerprint density at radius 1 is 1.37 bits per heavy atom. The van der Waals surface area contributed by atoms with Crippen molar-refractivity contribution in [1.82, 2.24) is 9.88 Å². The Labute approximate surface area is 110 Å². The fourth-order valence-electron chi connectivity index (χ4n) is 2.18. The number of amides is 1. The average molecular weight is 264 g/mol. The van der Waals surface area contributed by atoms with Gasteiger partial charge in [-0.05, 0) is 25.8 Å². The van der Waals surface area contributed by atoms with E-state index in [1.54, 1.807) is 17.9 Å². The first kappa shape index (κ1) is 13.3. The van der Waals surface area contributed by atoms with Crippen molar-refractivity contribution in [2.24, 2.45) is 5.41 Å². The number of nitrogens with one attached hydrogen (secondary N) is 1. The van der Waals surface area contributed by atoms with Gasteiger partial charge in [-0.1, -0.05) is 0 Å². The summed E-state index contributed by atoms with van der Waals surface area (Å²) in [5, 5.41) is 9.13. The summed E-state index contributed by atoms with van der Waals surface area (Å²) in [4.78, 5) is 38.5. The number of aliphatic carboxylic acids is 1. The van der Waals surface area contributed by atoms with Crippen LogP contribution < -0.4 is 5.56 Å². The van der Waals surface area contributed by atoms with E-state index >= 15 is 0 Å². The SMILES string of the molecule is CC1(C(=O)O)CCN(C(=O)c2cc[nH]c(=O)c2)CC1. The van der Waals surface area contributed by atoms with E-state index in [0.29, 0.717) is 31.5 Å². The number of carbonyl (C=O) groups is 2. The molecular weight excluding hydrogens is 248 g/mol. The highest BCUT2D eigenvalue weighted by Crippen LogP contribution is 2.31. The zero-order valence-electron chi connectivity index (χ0n) is 10.7. The molecule has 0 atom stereocenters. The van der Waals surface area contributed by atoms with Crippen LogP contribution in [-0.2, 0) is 4.79 Å². The van der Waals surface area contributed by atoms with Crippen molar-refractivity contribution in [2.45, 2.75) is 19.8 Å². The molecule has 6 heteroatoms. The first-order valence-corrected chi connectivity index (χ1v) is 6.14. The standard InChI is InChI=1S/C13H16N2O4/c1-13(12(18)19)3-6-15(7-4-13)11(17)9-2-5-14-10(16)8-9/h2,5,8H,3-4,6-7H2,1H3,(H,14,16)(H,18,19). The smallest absolute Gasteiger partial charge is 0.309 e. The molecule has 0 saturated carbocycles. The highest BCUT2D eigenvalue weighted by Gasteiger charge is 2.38. The number of hydrogen-bond acceptors (Lipinski definition) is 3. The number of carboxylic acid groups (broad SMARTS) is 1. The number of piperidine rings is 1. The fraction of sp³-hybridized carbons (Fsp3) is 0.462. The molecule has 0 aromatic carbocycles. The molecule has 2 N–H and O–H groups in total. The quantitative estimate of drug-likeness (QED) is 0.822. The Morgan fingerprint density at radius 2 is 2.00 bits per heavy atom. The van der Waals surface area contributed by atoms with Crippen molar-refractivity contribution in [3.05, 3.63) is 34.2 Å². The van der Waals surface area contributed by atoms with Gasteiger partial charge in [-0.3, -0.25) is 14.4 Å². The molecule has 1 aliphatic heterocycles. The van der Waals surface area contributed by atoms with Crippen LogP contribution >= 0.6 is 0 Å². The van der Waals surface area contributed by atoms with Crippen molar-refractivity contribution in [3.8, 4) is 0 Å². The third kappa shape index (κ3) is 2.67. The lowest BCUT2D eigenvalue weighted by Crippen LogP contribution is -2.45. The molecule has 0 aliphatic carbocycles. The number of pyridine rings is 1. The molecule has 6 nitrogen and oxygen atoms in total. The van der Waals surface area contributed by atoms with Gasteiger partial charge in [0, 0.05) is 30.9 Å². The lowest BCUT2D eigenvalue weighted by atomic mass is 9.80. The molecular formula is C13H16N2O4. The van der Waals surface area contributed by atoms with E-state index in [4.69, 9.17) is 5.11 Å². The molecule has 1 aliphatic rings. The minimum Gasteiger partial charge on any atom is -0.481 e. The predicted octanol–water partition coefficient (Wildman–Crippen LogP) is 0.702. The van der Waals surface area contributed by atoms with E-state index in [-0.39, 0.29) is 11.5 Å². The maximum atomic E-state index is 12.2. The maximum absolute atomic E-state index is 12.2. The number of nitrogens with zero attached hydrogens (tertiary/aromatic N) is 1. The minimum absolute atomic E-state index is 0.224. The van der Waals surface area contributed by atoms with Gasteiger partial charge >= 0.3 is 5.97 Å². The first-order valence-electron chi connectivity index (χ1n) is 6.14. The molecule has 1 aromatic rings. The number of carboxylic acids is 1. The second-order valence-corrected chi connectivity index (χ2v) is 5.10. The van der Waals surface area contributed by atoms with E-state index in [2.05, 4.69) is 4.98 Å². The second-order valence-electron chi connectivity index (χ2n) is 5.10. The average Bonchev–Trinajstić information content (AvgIpc) is 2.38. The third-order valence-electron chi connectivity index (χ3n) is 3.69. The van der Waals surface area contributed by atoms with Crippen molar-refractivity contribution < 1.29 is 14.7 Å². The van der Waals surface area contributed by atoms with Crippen molar-refractivity contribution in [2.75, 3.05) is 13.1 Å². The highest BCUT2D eigenvalue weighted by molar-refractivity contribution is 5.94. The largest absolute Gasteiger partial charge is 0.481 e. The monoisotopic (exact) mass is 264 g/mol. The number of aromatic nitrogens is 1. The summed E-state index contributed by atoms with van der Waals surface area (Å²) in [5.74, 6) is -1.05. The molecule has 19 heavy (non-hydrogen) atoms. The first-order chi connectivity index (χ1) is 8.92. The van der Waals surface area contributed by atoms with E-state index in [1.807, 2.05) is 0 Å². The van der Waals surface area contributed by atoms with Crippen LogP contribution in [0.2, 0.25) is 0 Å². The summed E-state index contributed by atoms with van der Waals surface area (Å²) in [6.45, 7) is 2.49. The molecule has 0 spiro atoms. The summed E-state index contributed by atoms with van der Waals surface area (Å²) in [7, 11) is 0. The van der Waals surface area contributed by atoms with Crippen LogP contribution in [0.3, 0.4) is 0 Å². The van der Waals surface area contributed by atoms with Crippen molar-refractivity contribution >= 4 is 11.9 Å². The van der Waals surface area contributed by atoms with Gasteiger partial charge in [0.25, 0.3) is 5.91 Å². The van der Waals surface area contributed by atoms with Gasteiger partial charge < -0.3 is 15.0 Å². The topological polar surface area (TPSA) is 90.5 Å². The summed E-state index contributed by atoms with van der Waals surface area (Å²) in [6, 6.07) is 2.81. The Hall–Kier alpha value is -2.11. The minimum atomic E-state index is -0.823. The lowest BCUT2D eigenvalue weighted by molar-refractivity contribution is -0.150. The summed E-state index contributed by atoms with van der Waals surface area (Å²) >= 11 is 0. The summed E-state index contributed by atoms with van der Waals surface area (Å²) < 4.78 is 0. The Kier molecular flexibility index (Phi) is 3.42. The second kappa shape index (κ2) is 4.87. The molecule has 2 rings (SSSR count). The third-order valence-corrected chi connectivity index (χ3v) is 3.69. The molecule has 0 radical (unpaired) electrons. The molecule has 1 aromatic heterocycles. The lowest BCUT2D eigenvalue weighted by Gasteiger charge is -2.36.